The predicted octanol–water partition coefficient (Wildman–Crippen LogP) is 3.67. The lowest BCUT2D eigenvalue weighted by molar-refractivity contribution is -0.126. The van der Waals surface area contributed by atoms with Gasteiger partial charge in [-0.25, -0.2) is 8.42 Å². The van der Waals surface area contributed by atoms with Crippen LogP contribution in [0.1, 0.15) is 50.2 Å². The normalized spacial score (nSPS) is 17.4. The number of benzene rings is 2. The Hall–Kier alpha value is -2.67. The van der Waals surface area contributed by atoms with Crippen LogP contribution in [0.25, 0.3) is 0 Å². The van der Waals surface area contributed by atoms with Crippen molar-refractivity contribution in [1.29, 1.82) is 0 Å². The second kappa shape index (κ2) is 10.8. The van der Waals surface area contributed by atoms with Gasteiger partial charge in [0.25, 0.3) is 0 Å². The van der Waals surface area contributed by atoms with Gasteiger partial charge in [-0.05, 0) is 36.0 Å². The summed E-state index contributed by atoms with van der Waals surface area (Å²) < 4.78 is 24.6. The molecule has 2 amide bonds. The van der Waals surface area contributed by atoms with Gasteiger partial charge in [0.2, 0.25) is 11.8 Å². The van der Waals surface area contributed by atoms with Crippen molar-refractivity contribution >= 4 is 27.3 Å². The quantitative estimate of drug-likeness (QED) is 0.553. The van der Waals surface area contributed by atoms with E-state index in [0.717, 1.165) is 23.2 Å². The number of carbonyl (C=O) groups excluding carboxylic acids is 2. The molecule has 2 aromatic carbocycles. The van der Waals surface area contributed by atoms with Gasteiger partial charge < -0.3 is 10.2 Å². The highest BCUT2D eigenvalue weighted by atomic mass is 32.2. The Morgan fingerprint density at radius 3 is 2.53 bits per heavy atom. The van der Waals surface area contributed by atoms with E-state index in [-0.39, 0.29) is 36.3 Å². The summed E-state index contributed by atoms with van der Waals surface area (Å²) >= 11 is 0. The molecule has 0 aliphatic carbocycles. The van der Waals surface area contributed by atoms with E-state index in [1.807, 2.05) is 42.5 Å². The molecule has 0 radical (unpaired) electrons. The van der Waals surface area contributed by atoms with Gasteiger partial charge in [-0.1, -0.05) is 62.4 Å². The van der Waals surface area contributed by atoms with Gasteiger partial charge in [-0.3, -0.25) is 9.59 Å². The Kier molecular flexibility index (Phi) is 8.07. The zero-order valence-electron chi connectivity index (χ0n) is 18.8. The summed E-state index contributed by atoms with van der Waals surface area (Å²) in [6.45, 7) is 4.88. The SMILES string of the molecule is CCC(C)c1ccccc1N1CC(C(=O)NCCCS(=O)(=O)Cc2ccccc2)CC1=O. The standard InChI is InChI=1S/C25H32N2O4S/c1-3-19(2)22-12-7-8-13-23(22)27-17-21(16-24(27)28)25(29)26-14-9-15-32(30,31)18-20-10-5-4-6-11-20/h4-8,10-13,19,21H,3,9,14-18H2,1-2H3,(H,26,29). The first-order valence-electron chi connectivity index (χ1n) is 11.2. The van der Waals surface area contributed by atoms with Gasteiger partial charge >= 0.3 is 0 Å². The lowest BCUT2D eigenvalue weighted by Crippen LogP contribution is -2.34. The summed E-state index contributed by atoms with van der Waals surface area (Å²) in [4.78, 5) is 27.0. The fourth-order valence-corrected chi connectivity index (χ4v) is 5.46. The maximum absolute atomic E-state index is 12.7. The fourth-order valence-electron chi connectivity index (χ4n) is 4.03. The Bertz CT molecular complexity index is 1040. The molecule has 1 fully saturated rings. The first-order valence-corrected chi connectivity index (χ1v) is 13.0. The highest BCUT2D eigenvalue weighted by Gasteiger charge is 2.36. The van der Waals surface area contributed by atoms with Crippen LogP contribution < -0.4 is 10.2 Å². The number of rotatable bonds is 10. The number of carbonyl (C=O) groups is 2. The summed E-state index contributed by atoms with van der Waals surface area (Å²) in [5.74, 6) is -0.323. The van der Waals surface area contributed by atoms with E-state index in [4.69, 9.17) is 0 Å². The van der Waals surface area contributed by atoms with Crippen LogP contribution in [0.3, 0.4) is 0 Å². The largest absolute Gasteiger partial charge is 0.356 e. The molecular weight excluding hydrogens is 424 g/mol. The third-order valence-corrected chi connectivity index (χ3v) is 7.71. The van der Waals surface area contributed by atoms with Gasteiger partial charge in [0.05, 0.1) is 17.4 Å². The minimum atomic E-state index is -3.23. The summed E-state index contributed by atoms with van der Waals surface area (Å²) in [5.41, 5.74) is 2.76. The molecule has 7 heteroatoms. The van der Waals surface area contributed by atoms with E-state index in [1.54, 1.807) is 17.0 Å². The number of sulfone groups is 1. The van der Waals surface area contributed by atoms with Crippen LogP contribution >= 0.6 is 0 Å². The minimum Gasteiger partial charge on any atom is -0.356 e. The molecule has 172 valence electrons. The van der Waals surface area contributed by atoms with Crippen molar-refractivity contribution in [2.75, 3.05) is 23.7 Å². The molecule has 2 unspecified atom stereocenters. The van der Waals surface area contributed by atoms with Gasteiger partial charge in [0, 0.05) is 25.2 Å². The number of hydrogen-bond donors (Lipinski definition) is 1. The van der Waals surface area contributed by atoms with Crippen molar-refractivity contribution < 1.29 is 18.0 Å². The van der Waals surface area contributed by atoms with Crippen LogP contribution in [0.15, 0.2) is 54.6 Å². The zero-order chi connectivity index (χ0) is 23.1. The summed E-state index contributed by atoms with van der Waals surface area (Å²) in [5, 5.41) is 2.82. The van der Waals surface area contributed by atoms with Gasteiger partial charge in [0.15, 0.2) is 9.84 Å². The molecule has 0 spiro atoms. The van der Waals surface area contributed by atoms with Crippen molar-refractivity contribution in [2.45, 2.75) is 44.8 Å². The Labute approximate surface area is 190 Å². The summed E-state index contributed by atoms with van der Waals surface area (Å²) in [6, 6.07) is 16.9. The molecule has 1 aliphatic heterocycles. The van der Waals surface area contributed by atoms with Crippen LogP contribution in [0.2, 0.25) is 0 Å². The summed E-state index contributed by atoms with van der Waals surface area (Å²) in [6.07, 6.45) is 1.49. The molecule has 3 rings (SSSR count). The molecule has 0 bridgehead atoms. The molecule has 32 heavy (non-hydrogen) atoms. The van der Waals surface area contributed by atoms with Crippen molar-refractivity contribution in [3.05, 3.63) is 65.7 Å². The molecule has 1 N–H and O–H groups in total. The maximum atomic E-state index is 12.7. The molecule has 2 atom stereocenters. The number of hydrogen-bond acceptors (Lipinski definition) is 4. The van der Waals surface area contributed by atoms with Crippen molar-refractivity contribution in [1.82, 2.24) is 5.32 Å². The number of amides is 2. The van der Waals surface area contributed by atoms with E-state index in [0.29, 0.717) is 18.9 Å². The van der Waals surface area contributed by atoms with Crippen LogP contribution in [-0.4, -0.2) is 39.1 Å². The van der Waals surface area contributed by atoms with Crippen LogP contribution in [0.5, 0.6) is 0 Å². The first-order chi connectivity index (χ1) is 15.3. The molecule has 1 aliphatic rings. The monoisotopic (exact) mass is 456 g/mol. The fraction of sp³-hybridized carbons (Fsp3) is 0.440. The van der Waals surface area contributed by atoms with Crippen molar-refractivity contribution in [3.8, 4) is 0 Å². The number of nitrogens with one attached hydrogen (secondary N) is 1. The molecule has 2 aromatic rings. The molecular formula is C25H32N2O4S. The third kappa shape index (κ3) is 6.19. The van der Waals surface area contributed by atoms with Gasteiger partial charge in [-0.2, -0.15) is 0 Å². The zero-order valence-corrected chi connectivity index (χ0v) is 19.6. The number of para-hydroxylation sites is 1. The second-order valence-corrected chi connectivity index (χ2v) is 10.7. The topological polar surface area (TPSA) is 83.6 Å². The molecule has 6 nitrogen and oxygen atoms in total. The average molecular weight is 457 g/mol. The van der Waals surface area contributed by atoms with Crippen molar-refractivity contribution in [3.63, 3.8) is 0 Å². The third-order valence-electron chi connectivity index (χ3n) is 6.03. The minimum absolute atomic E-state index is 0.00344. The lowest BCUT2D eigenvalue weighted by Gasteiger charge is -2.23. The van der Waals surface area contributed by atoms with E-state index in [1.165, 1.54) is 0 Å². The van der Waals surface area contributed by atoms with Crippen LogP contribution in [-0.2, 0) is 25.2 Å². The van der Waals surface area contributed by atoms with E-state index in [9.17, 15) is 18.0 Å². The Morgan fingerprint density at radius 1 is 1.12 bits per heavy atom. The lowest BCUT2D eigenvalue weighted by atomic mass is 9.96. The highest BCUT2D eigenvalue weighted by molar-refractivity contribution is 7.90. The summed E-state index contributed by atoms with van der Waals surface area (Å²) in [7, 11) is -3.23. The first kappa shape index (κ1) is 24.0. The van der Waals surface area contributed by atoms with E-state index < -0.39 is 15.8 Å². The number of nitrogens with zero attached hydrogens (tertiary/aromatic N) is 1. The smallest absolute Gasteiger partial charge is 0.227 e. The van der Waals surface area contributed by atoms with Gasteiger partial charge in [-0.15, -0.1) is 0 Å². The second-order valence-electron chi connectivity index (χ2n) is 8.50. The molecule has 0 saturated carbocycles. The van der Waals surface area contributed by atoms with Gasteiger partial charge in [0.1, 0.15) is 0 Å². The highest BCUT2D eigenvalue weighted by Crippen LogP contribution is 2.33. The molecule has 1 heterocycles. The van der Waals surface area contributed by atoms with Crippen LogP contribution in [0.4, 0.5) is 5.69 Å². The van der Waals surface area contributed by atoms with E-state index >= 15 is 0 Å². The molecule has 0 aromatic heterocycles. The van der Waals surface area contributed by atoms with Crippen molar-refractivity contribution in [2.24, 2.45) is 5.92 Å². The Morgan fingerprint density at radius 2 is 1.81 bits per heavy atom. The average Bonchev–Trinajstić information content (AvgIpc) is 3.18. The predicted molar refractivity (Wildman–Crippen MR) is 127 cm³/mol. The maximum Gasteiger partial charge on any atom is 0.227 e. The number of anilines is 1. The molecule has 1 saturated heterocycles. The Balaban J connectivity index is 1.50. The van der Waals surface area contributed by atoms with E-state index in [2.05, 4.69) is 19.2 Å². The van der Waals surface area contributed by atoms with Crippen LogP contribution in [0, 0.1) is 5.92 Å².